The van der Waals surface area contributed by atoms with Crippen molar-refractivity contribution in [2.45, 2.75) is 51.4 Å². The van der Waals surface area contributed by atoms with Crippen LogP contribution in [0.25, 0.3) is 10.9 Å². The normalized spacial score (nSPS) is 22.4. The molecule has 2 heterocycles. The van der Waals surface area contributed by atoms with E-state index in [1.54, 1.807) is 25.1 Å². The van der Waals surface area contributed by atoms with Gasteiger partial charge in [0.25, 0.3) is 5.91 Å². The lowest BCUT2D eigenvalue weighted by molar-refractivity contribution is -0.148. The van der Waals surface area contributed by atoms with E-state index in [-0.39, 0.29) is 48.1 Å². The molecule has 1 aromatic heterocycles. The summed E-state index contributed by atoms with van der Waals surface area (Å²) in [5.41, 5.74) is 0.901. The van der Waals surface area contributed by atoms with Crippen molar-refractivity contribution in [2.75, 3.05) is 31.1 Å². The standard InChI is InChI=1S/C25H30ClF2N3O3/c1-2-34-24(33)17-6-4-12-31(15-17)21-10-7-18-20(30-21)9-8-19(26)22(18)23(32)29-14-16-5-3-11-25(27,28)13-16/h7-10,16-17H,2-6,11-15H2,1H3,(H,29,32). The molecular weight excluding hydrogens is 464 g/mol. The van der Waals surface area contributed by atoms with Gasteiger partial charge in [-0.1, -0.05) is 11.6 Å². The zero-order valence-electron chi connectivity index (χ0n) is 19.3. The molecule has 2 aromatic rings. The van der Waals surface area contributed by atoms with Gasteiger partial charge in [-0.15, -0.1) is 0 Å². The van der Waals surface area contributed by atoms with Crippen LogP contribution in [-0.2, 0) is 9.53 Å². The largest absolute Gasteiger partial charge is 0.466 e. The summed E-state index contributed by atoms with van der Waals surface area (Å²) in [4.78, 5) is 31.9. The van der Waals surface area contributed by atoms with Crippen molar-refractivity contribution in [2.24, 2.45) is 11.8 Å². The number of carbonyl (C=O) groups excluding carboxylic acids is 2. The molecule has 184 valence electrons. The van der Waals surface area contributed by atoms with Crippen molar-refractivity contribution in [3.63, 3.8) is 0 Å². The first-order valence-electron chi connectivity index (χ1n) is 11.9. The highest BCUT2D eigenvalue weighted by Crippen LogP contribution is 2.36. The van der Waals surface area contributed by atoms with E-state index in [4.69, 9.17) is 21.3 Å². The molecule has 2 fully saturated rings. The van der Waals surface area contributed by atoms with E-state index < -0.39 is 5.92 Å². The maximum absolute atomic E-state index is 13.7. The van der Waals surface area contributed by atoms with E-state index in [0.717, 1.165) is 25.2 Å². The highest BCUT2D eigenvalue weighted by Gasteiger charge is 2.36. The third-order valence-electron chi connectivity index (χ3n) is 6.69. The van der Waals surface area contributed by atoms with Crippen LogP contribution >= 0.6 is 11.6 Å². The first-order valence-corrected chi connectivity index (χ1v) is 12.3. The first kappa shape index (κ1) is 24.6. The minimum absolute atomic E-state index is 0.0852. The highest BCUT2D eigenvalue weighted by molar-refractivity contribution is 6.35. The van der Waals surface area contributed by atoms with Crippen LogP contribution in [0.5, 0.6) is 0 Å². The van der Waals surface area contributed by atoms with E-state index in [2.05, 4.69) is 10.2 Å². The molecular formula is C25H30ClF2N3O3. The van der Waals surface area contributed by atoms with Crippen LogP contribution in [0.2, 0.25) is 5.02 Å². The quantitative estimate of drug-likeness (QED) is 0.558. The number of anilines is 1. The van der Waals surface area contributed by atoms with Gasteiger partial charge in [0, 0.05) is 37.9 Å². The van der Waals surface area contributed by atoms with Gasteiger partial charge < -0.3 is 15.0 Å². The van der Waals surface area contributed by atoms with Crippen LogP contribution in [0.4, 0.5) is 14.6 Å². The lowest BCUT2D eigenvalue weighted by Crippen LogP contribution is -2.39. The smallest absolute Gasteiger partial charge is 0.310 e. The summed E-state index contributed by atoms with van der Waals surface area (Å²) in [5, 5.41) is 3.69. The molecule has 0 radical (unpaired) electrons. The van der Waals surface area contributed by atoms with Crippen molar-refractivity contribution in [1.82, 2.24) is 10.3 Å². The van der Waals surface area contributed by atoms with Crippen molar-refractivity contribution in [1.29, 1.82) is 0 Å². The predicted molar refractivity (Wildman–Crippen MR) is 128 cm³/mol. The third kappa shape index (κ3) is 5.59. The fourth-order valence-corrected chi connectivity index (χ4v) is 5.24. The second-order valence-electron chi connectivity index (χ2n) is 9.22. The second-order valence-corrected chi connectivity index (χ2v) is 9.63. The number of nitrogens with zero attached hydrogens (tertiary/aromatic N) is 2. The molecule has 1 amide bonds. The molecule has 1 aliphatic carbocycles. The van der Waals surface area contributed by atoms with Gasteiger partial charge in [0.15, 0.2) is 0 Å². The Hall–Kier alpha value is -2.48. The van der Waals surface area contributed by atoms with E-state index in [1.807, 2.05) is 6.07 Å². The van der Waals surface area contributed by atoms with E-state index >= 15 is 0 Å². The van der Waals surface area contributed by atoms with Crippen molar-refractivity contribution < 1.29 is 23.1 Å². The number of halogens is 3. The number of esters is 1. The zero-order chi connectivity index (χ0) is 24.3. The van der Waals surface area contributed by atoms with Gasteiger partial charge in [-0.25, -0.2) is 13.8 Å². The lowest BCUT2D eigenvalue weighted by Gasteiger charge is -2.32. The molecule has 1 aromatic carbocycles. The van der Waals surface area contributed by atoms with Gasteiger partial charge >= 0.3 is 5.97 Å². The fourth-order valence-electron chi connectivity index (χ4n) is 4.99. The number of hydrogen-bond donors (Lipinski definition) is 1. The summed E-state index contributed by atoms with van der Waals surface area (Å²) in [6.45, 7) is 3.66. The second kappa shape index (κ2) is 10.4. The number of fused-ring (bicyclic) bond motifs is 1. The number of benzene rings is 1. The average molecular weight is 494 g/mol. The summed E-state index contributed by atoms with van der Waals surface area (Å²) in [6.07, 6.45) is 2.49. The summed E-state index contributed by atoms with van der Waals surface area (Å²) in [7, 11) is 0. The number of nitrogens with one attached hydrogen (secondary N) is 1. The lowest BCUT2D eigenvalue weighted by atomic mass is 9.86. The average Bonchev–Trinajstić information content (AvgIpc) is 2.82. The molecule has 0 bridgehead atoms. The Morgan fingerprint density at radius 1 is 1.24 bits per heavy atom. The molecule has 9 heteroatoms. The first-order chi connectivity index (χ1) is 16.3. The Kier molecular flexibility index (Phi) is 7.55. The number of carbonyl (C=O) groups is 2. The Morgan fingerprint density at radius 3 is 2.82 bits per heavy atom. The van der Waals surface area contributed by atoms with Gasteiger partial charge in [-0.3, -0.25) is 9.59 Å². The minimum atomic E-state index is -2.66. The number of rotatable bonds is 6. The van der Waals surface area contributed by atoms with Gasteiger partial charge in [0.1, 0.15) is 5.82 Å². The fraction of sp³-hybridized carbons (Fsp3) is 0.560. The number of aromatic nitrogens is 1. The Morgan fingerprint density at radius 2 is 2.06 bits per heavy atom. The molecule has 2 atom stereocenters. The van der Waals surface area contributed by atoms with Crippen LogP contribution < -0.4 is 10.2 Å². The molecule has 2 unspecified atom stereocenters. The predicted octanol–water partition coefficient (Wildman–Crippen LogP) is 5.22. The van der Waals surface area contributed by atoms with E-state index in [0.29, 0.717) is 42.5 Å². The van der Waals surface area contributed by atoms with Crippen LogP contribution in [0.15, 0.2) is 24.3 Å². The number of pyridine rings is 1. The monoisotopic (exact) mass is 493 g/mol. The van der Waals surface area contributed by atoms with E-state index in [1.165, 1.54) is 0 Å². The maximum atomic E-state index is 13.7. The summed E-state index contributed by atoms with van der Waals surface area (Å²) in [6, 6.07) is 7.01. The van der Waals surface area contributed by atoms with Crippen molar-refractivity contribution >= 4 is 40.2 Å². The van der Waals surface area contributed by atoms with Crippen molar-refractivity contribution in [3.8, 4) is 0 Å². The van der Waals surface area contributed by atoms with Crippen LogP contribution in [0.1, 0.15) is 55.8 Å². The molecule has 2 aliphatic rings. The maximum Gasteiger partial charge on any atom is 0.310 e. The van der Waals surface area contributed by atoms with Gasteiger partial charge in [-0.2, -0.15) is 0 Å². The zero-order valence-corrected chi connectivity index (χ0v) is 20.0. The van der Waals surface area contributed by atoms with Crippen LogP contribution in [-0.4, -0.2) is 49.0 Å². The Balaban J connectivity index is 1.50. The van der Waals surface area contributed by atoms with Gasteiger partial charge in [0.2, 0.25) is 5.92 Å². The number of hydrogen-bond acceptors (Lipinski definition) is 5. The SMILES string of the molecule is CCOC(=O)C1CCCN(c2ccc3c(C(=O)NCC4CCCC(F)(F)C4)c(Cl)ccc3n2)C1. The minimum Gasteiger partial charge on any atom is -0.466 e. The number of ether oxygens (including phenoxy) is 1. The molecule has 1 saturated heterocycles. The summed E-state index contributed by atoms with van der Waals surface area (Å²) < 4.78 is 32.6. The number of piperidine rings is 1. The molecule has 1 saturated carbocycles. The molecule has 1 aliphatic heterocycles. The summed E-state index contributed by atoms with van der Waals surface area (Å²) >= 11 is 6.37. The van der Waals surface area contributed by atoms with E-state index in [9.17, 15) is 18.4 Å². The van der Waals surface area contributed by atoms with Crippen LogP contribution in [0, 0.1) is 11.8 Å². The Bertz CT molecular complexity index is 1070. The van der Waals surface area contributed by atoms with Gasteiger partial charge in [-0.05, 0) is 62.8 Å². The number of alkyl halides is 2. The molecule has 4 rings (SSSR count). The highest BCUT2D eigenvalue weighted by atomic mass is 35.5. The number of amides is 1. The topological polar surface area (TPSA) is 71.5 Å². The van der Waals surface area contributed by atoms with Gasteiger partial charge in [0.05, 0.1) is 28.6 Å². The summed E-state index contributed by atoms with van der Waals surface area (Å²) in [5.74, 6) is -2.96. The molecule has 34 heavy (non-hydrogen) atoms. The molecule has 1 N–H and O–H groups in total. The molecule has 6 nitrogen and oxygen atoms in total. The van der Waals surface area contributed by atoms with Crippen LogP contribution in [0.3, 0.4) is 0 Å². The molecule has 0 spiro atoms. The van der Waals surface area contributed by atoms with Crippen molar-refractivity contribution in [3.05, 3.63) is 34.9 Å². The Labute approximate surface area is 203 Å². The third-order valence-corrected chi connectivity index (χ3v) is 7.01.